The SMILES string of the molecule is CCC(=O)NCCc1cc(OC)cc2ccc(OC)cc12. The van der Waals surface area contributed by atoms with Crippen LogP contribution < -0.4 is 14.8 Å². The molecule has 2 aromatic carbocycles. The fraction of sp³-hybridized carbons (Fsp3) is 0.353. The van der Waals surface area contributed by atoms with Crippen molar-refractivity contribution < 1.29 is 14.3 Å². The van der Waals surface area contributed by atoms with Crippen molar-refractivity contribution in [1.82, 2.24) is 5.32 Å². The van der Waals surface area contributed by atoms with Crippen molar-refractivity contribution in [2.45, 2.75) is 19.8 Å². The number of fused-ring (bicyclic) bond motifs is 1. The number of carbonyl (C=O) groups excluding carboxylic acids is 1. The van der Waals surface area contributed by atoms with Crippen molar-refractivity contribution in [2.24, 2.45) is 0 Å². The third-order valence-corrected chi connectivity index (χ3v) is 3.49. The summed E-state index contributed by atoms with van der Waals surface area (Å²) in [5.41, 5.74) is 1.14. The summed E-state index contributed by atoms with van der Waals surface area (Å²) in [6, 6.07) is 9.99. The van der Waals surface area contributed by atoms with Crippen molar-refractivity contribution in [3.8, 4) is 11.5 Å². The van der Waals surface area contributed by atoms with Crippen molar-refractivity contribution in [2.75, 3.05) is 20.8 Å². The maximum atomic E-state index is 11.3. The molecule has 0 saturated carbocycles. The van der Waals surface area contributed by atoms with E-state index in [1.807, 2.05) is 37.3 Å². The predicted molar refractivity (Wildman–Crippen MR) is 84.1 cm³/mol. The lowest BCUT2D eigenvalue weighted by Gasteiger charge is -2.11. The van der Waals surface area contributed by atoms with Gasteiger partial charge in [0.25, 0.3) is 0 Å². The molecule has 21 heavy (non-hydrogen) atoms. The lowest BCUT2D eigenvalue weighted by molar-refractivity contribution is -0.120. The molecule has 0 aliphatic carbocycles. The average Bonchev–Trinajstić information content (AvgIpc) is 2.53. The summed E-state index contributed by atoms with van der Waals surface area (Å²) in [6.07, 6.45) is 1.26. The lowest BCUT2D eigenvalue weighted by Crippen LogP contribution is -2.24. The van der Waals surface area contributed by atoms with E-state index in [4.69, 9.17) is 9.47 Å². The summed E-state index contributed by atoms with van der Waals surface area (Å²) in [6.45, 7) is 2.47. The summed E-state index contributed by atoms with van der Waals surface area (Å²) in [4.78, 5) is 11.3. The van der Waals surface area contributed by atoms with Crippen LogP contribution in [0.1, 0.15) is 18.9 Å². The number of rotatable bonds is 6. The van der Waals surface area contributed by atoms with Crippen molar-refractivity contribution in [3.63, 3.8) is 0 Å². The molecule has 2 aromatic rings. The number of methoxy groups -OCH3 is 2. The minimum atomic E-state index is 0.0692. The van der Waals surface area contributed by atoms with Gasteiger partial charge in [-0.25, -0.2) is 0 Å². The van der Waals surface area contributed by atoms with Gasteiger partial charge in [0.2, 0.25) is 5.91 Å². The second-order valence-electron chi connectivity index (χ2n) is 4.83. The second kappa shape index (κ2) is 6.97. The molecule has 1 amide bonds. The third-order valence-electron chi connectivity index (χ3n) is 3.49. The molecule has 0 aliphatic heterocycles. The van der Waals surface area contributed by atoms with Crippen LogP contribution >= 0.6 is 0 Å². The Labute approximate surface area is 125 Å². The van der Waals surface area contributed by atoms with E-state index in [1.54, 1.807) is 14.2 Å². The highest BCUT2D eigenvalue weighted by Gasteiger charge is 2.07. The maximum absolute atomic E-state index is 11.3. The Morgan fingerprint density at radius 2 is 1.86 bits per heavy atom. The number of hydrogen-bond acceptors (Lipinski definition) is 3. The standard InChI is InChI=1S/C17H21NO3/c1-4-17(19)18-8-7-13-10-15(21-3)9-12-5-6-14(20-2)11-16(12)13/h5-6,9-11H,4,7-8H2,1-3H3,(H,18,19). The van der Waals surface area contributed by atoms with E-state index >= 15 is 0 Å². The highest BCUT2D eigenvalue weighted by atomic mass is 16.5. The number of nitrogens with one attached hydrogen (secondary N) is 1. The predicted octanol–water partition coefficient (Wildman–Crippen LogP) is 2.93. The van der Waals surface area contributed by atoms with Crippen LogP contribution in [0, 0.1) is 0 Å². The summed E-state index contributed by atoms with van der Waals surface area (Å²) in [5.74, 6) is 1.72. The van der Waals surface area contributed by atoms with Crippen LogP contribution in [0.25, 0.3) is 10.8 Å². The Kier molecular flexibility index (Phi) is 5.04. The van der Waals surface area contributed by atoms with Crippen LogP contribution in [0.15, 0.2) is 30.3 Å². The van der Waals surface area contributed by atoms with Crippen molar-refractivity contribution in [3.05, 3.63) is 35.9 Å². The van der Waals surface area contributed by atoms with Gasteiger partial charge >= 0.3 is 0 Å². The topological polar surface area (TPSA) is 47.6 Å². The molecule has 0 fully saturated rings. The normalized spacial score (nSPS) is 10.4. The van der Waals surface area contributed by atoms with Crippen molar-refractivity contribution in [1.29, 1.82) is 0 Å². The van der Waals surface area contributed by atoms with Crippen LogP contribution in [0.5, 0.6) is 11.5 Å². The maximum Gasteiger partial charge on any atom is 0.219 e. The molecule has 0 radical (unpaired) electrons. The molecule has 2 rings (SSSR count). The highest BCUT2D eigenvalue weighted by molar-refractivity contribution is 5.88. The van der Waals surface area contributed by atoms with Gasteiger partial charge in [-0.3, -0.25) is 4.79 Å². The van der Waals surface area contributed by atoms with E-state index in [2.05, 4.69) is 5.32 Å². The number of hydrogen-bond donors (Lipinski definition) is 1. The Bertz CT molecular complexity index is 637. The van der Waals surface area contributed by atoms with Gasteiger partial charge in [0.15, 0.2) is 0 Å². The molecule has 112 valence electrons. The first kappa shape index (κ1) is 15.2. The molecular formula is C17H21NO3. The molecular weight excluding hydrogens is 266 g/mol. The van der Waals surface area contributed by atoms with Crippen LogP contribution in [-0.4, -0.2) is 26.7 Å². The highest BCUT2D eigenvalue weighted by Crippen LogP contribution is 2.29. The molecule has 0 bridgehead atoms. The first-order valence-corrected chi connectivity index (χ1v) is 7.09. The monoisotopic (exact) mass is 287 g/mol. The molecule has 0 spiro atoms. The van der Waals surface area contributed by atoms with Crippen molar-refractivity contribution >= 4 is 16.7 Å². The van der Waals surface area contributed by atoms with Gasteiger partial charge in [-0.2, -0.15) is 0 Å². The Balaban J connectivity index is 2.31. The zero-order chi connectivity index (χ0) is 15.2. The van der Waals surface area contributed by atoms with Gasteiger partial charge < -0.3 is 14.8 Å². The summed E-state index contributed by atoms with van der Waals surface area (Å²) >= 11 is 0. The molecule has 4 nitrogen and oxygen atoms in total. The van der Waals surface area contributed by atoms with Gasteiger partial charge in [-0.15, -0.1) is 0 Å². The van der Waals surface area contributed by atoms with E-state index in [1.165, 1.54) is 0 Å². The Morgan fingerprint density at radius 1 is 1.10 bits per heavy atom. The van der Waals surface area contributed by atoms with Gasteiger partial charge in [0.1, 0.15) is 11.5 Å². The lowest BCUT2D eigenvalue weighted by atomic mass is 10.0. The van der Waals surface area contributed by atoms with Gasteiger partial charge in [-0.05, 0) is 47.0 Å². The van der Waals surface area contributed by atoms with E-state index in [0.29, 0.717) is 13.0 Å². The zero-order valence-electron chi connectivity index (χ0n) is 12.7. The van der Waals surface area contributed by atoms with Crippen LogP contribution in [0.3, 0.4) is 0 Å². The number of amides is 1. The fourth-order valence-electron chi connectivity index (χ4n) is 2.30. The summed E-state index contributed by atoms with van der Waals surface area (Å²) in [5, 5.41) is 5.13. The molecule has 0 heterocycles. The van der Waals surface area contributed by atoms with E-state index < -0.39 is 0 Å². The Hall–Kier alpha value is -2.23. The van der Waals surface area contributed by atoms with Gasteiger partial charge in [0.05, 0.1) is 14.2 Å². The number of ether oxygens (including phenoxy) is 2. The smallest absolute Gasteiger partial charge is 0.219 e. The molecule has 0 aromatic heterocycles. The van der Waals surface area contributed by atoms with E-state index in [9.17, 15) is 4.79 Å². The largest absolute Gasteiger partial charge is 0.497 e. The van der Waals surface area contributed by atoms with E-state index in [0.717, 1.165) is 34.3 Å². The molecule has 0 atom stereocenters. The molecule has 0 saturated heterocycles. The average molecular weight is 287 g/mol. The van der Waals surface area contributed by atoms with Gasteiger partial charge in [-0.1, -0.05) is 13.0 Å². The first-order valence-electron chi connectivity index (χ1n) is 7.09. The molecule has 4 heteroatoms. The summed E-state index contributed by atoms with van der Waals surface area (Å²) in [7, 11) is 3.32. The number of benzene rings is 2. The van der Waals surface area contributed by atoms with E-state index in [-0.39, 0.29) is 5.91 Å². The minimum absolute atomic E-state index is 0.0692. The quantitative estimate of drug-likeness (QED) is 0.888. The van der Waals surface area contributed by atoms with Gasteiger partial charge in [0, 0.05) is 13.0 Å². The fourth-order valence-corrected chi connectivity index (χ4v) is 2.30. The molecule has 0 unspecified atom stereocenters. The Morgan fingerprint density at radius 3 is 2.52 bits per heavy atom. The molecule has 0 aliphatic rings. The first-order chi connectivity index (χ1) is 10.2. The molecule has 1 N–H and O–H groups in total. The van der Waals surface area contributed by atoms with Crippen LogP contribution in [0.4, 0.5) is 0 Å². The second-order valence-corrected chi connectivity index (χ2v) is 4.83. The third kappa shape index (κ3) is 3.66. The van der Waals surface area contributed by atoms with Crippen LogP contribution in [-0.2, 0) is 11.2 Å². The zero-order valence-corrected chi connectivity index (χ0v) is 12.7. The summed E-state index contributed by atoms with van der Waals surface area (Å²) < 4.78 is 10.6. The number of carbonyl (C=O) groups is 1. The van der Waals surface area contributed by atoms with Crippen LogP contribution in [0.2, 0.25) is 0 Å². The minimum Gasteiger partial charge on any atom is -0.497 e.